The van der Waals surface area contributed by atoms with Crippen molar-refractivity contribution >= 4 is 30.1 Å². The Bertz CT molecular complexity index is 613. The molecule has 1 aliphatic rings. The Morgan fingerprint density at radius 3 is 2.52 bits per heavy atom. The molecule has 0 aromatic heterocycles. The largest absolute Gasteiger partial charge is 0.348 e. The topological polar surface area (TPSA) is 41.1 Å². The van der Waals surface area contributed by atoms with Gasteiger partial charge in [0, 0.05) is 28.8 Å². The maximum Gasteiger partial charge on any atom is 0.251 e. The number of benzene rings is 2. The Morgan fingerprint density at radius 2 is 1.87 bits per heavy atom. The van der Waals surface area contributed by atoms with Crippen LogP contribution in [0.15, 0.2) is 59.5 Å². The average molecular weight is 349 g/mol. The second-order valence-electron chi connectivity index (χ2n) is 5.46. The second-order valence-corrected chi connectivity index (χ2v) is 6.51. The SMILES string of the molecule is Cl.O=C(NC1CCNC1)c1ccc(CSc2ccccc2)cc1. The van der Waals surface area contributed by atoms with Crippen molar-refractivity contribution in [2.24, 2.45) is 0 Å². The highest BCUT2D eigenvalue weighted by molar-refractivity contribution is 7.98. The number of amides is 1. The molecule has 1 amide bonds. The molecule has 23 heavy (non-hydrogen) atoms. The summed E-state index contributed by atoms with van der Waals surface area (Å²) in [5.41, 5.74) is 1.97. The number of carbonyl (C=O) groups excluding carboxylic acids is 1. The van der Waals surface area contributed by atoms with Crippen molar-refractivity contribution in [3.05, 3.63) is 65.7 Å². The summed E-state index contributed by atoms with van der Waals surface area (Å²) in [5.74, 6) is 0.939. The minimum Gasteiger partial charge on any atom is -0.348 e. The molecule has 1 fully saturated rings. The predicted molar refractivity (Wildman–Crippen MR) is 98.4 cm³/mol. The number of rotatable bonds is 5. The zero-order valence-electron chi connectivity index (χ0n) is 12.8. The lowest BCUT2D eigenvalue weighted by molar-refractivity contribution is 0.0940. The summed E-state index contributed by atoms with van der Waals surface area (Å²) >= 11 is 1.81. The van der Waals surface area contributed by atoms with E-state index in [2.05, 4.69) is 22.8 Å². The number of halogens is 1. The van der Waals surface area contributed by atoms with Crippen LogP contribution in [0.25, 0.3) is 0 Å². The molecule has 0 spiro atoms. The van der Waals surface area contributed by atoms with Crippen LogP contribution < -0.4 is 10.6 Å². The van der Waals surface area contributed by atoms with Crippen LogP contribution >= 0.6 is 24.2 Å². The number of hydrogen-bond acceptors (Lipinski definition) is 3. The summed E-state index contributed by atoms with van der Waals surface area (Å²) in [6, 6.07) is 18.5. The zero-order chi connectivity index (χ0) is 15.2. The van der Waals surface area contributed by atoms with Gasteiger partial charge in [-0.25, -0.2) is 0 Å². The molecular formula is C18H21ClN2OS. The van der Waals surface area contributed by atoms with Gasteiger partial charge in [0.25, 0.3) is 5.91 Å². The van der Waals surface area contributed by atoms with Gasteiger partial charge in [-0.2, -0.15) is 0 Å². The lowest BCUT2D eigenvalue weighted by Crippen LogP contribution is -2.36. The van der Waals surface area contributed by atoms with Gasteiger partial charge >= 0.3 is 0 Å². The quantitative estimate of drug-likeness (QED) is 0.813. The first-order chi connectivity index (χ1) is 10.8. The van der Waals surface area contributed by atoms with Crippen LogP contribution in [-0.4, -0.2) is 25.0 Å². The molecule has 5 heteroatoms. The minimum atomic E-state index is 0. The molecule has 3 rings (SSSR count). The molecule has 1 unspecified atom stereocenters. The van der Waals surface area contributed by atoms with E-state index in [0.29, 0.717) is 0 Å². The van der Waals surface area contributed by atoms with Gasteiger partial charge < -0.3 is 10.6 Å². The van der Waals surface area contributed by atoms with Crippen LogP contribution in [0.3, 0.4) is 0 Å². The highest BCUT2D eigenvalue weighted by Gasteiger charge is 2.17. The first-order valence-electron chi connectivity index (χ1n) is 7.59. The van der Waals surface area contributed by atoms with E-state index in [-0.39, 0.29) is 24.4 Å². The fraction of sp³-hybridized carbons (Fsp3) is 0.278. The molecule has 2 aromatic rings. The smallest absolute Gasteiger partial charge is 0.251 e. The predicted octanol–water partition coefficient (Wildman–Crippen LogP) is 3.49. The number of hydrogen-bond donors (Lipinski definition) is 2. The van der Waals surface area contributed by atoms with E-state index >= 15 is 0 Å². The summed E-state index contributed by atoms with van der Waals surface area (Å²) in [6.45, 7) is 1.86. The molecule has 2 aromatic carbocycles. The maximum atomic E-state index is 12.1. The van der Waals surface area contributed by atoms with E-state index in [9.17, 15) is 4.79 Å². The van der Waals surface area contributed by atoms with Gasteiger partial charge in [-0.15, -0.1) is 24.2 Å². The van der Waals surface area contributed by atoms with Crippen molar-refractivity contribution in [1.29, 1.82) is 0 Å². The highest BCUT2D eigenvalue weighted by Crippen LogP contribution is 2.22. The van der Waals surface area contributed by atoms with Crippen LogP contribution in [0.1, 0.15) is 22.3 Å². The Balaban J connectivity index is 0.00000192. The van der Waals surface area contributed by atoms with Crippen LogP contribution in [-0.2, 0) is 5.75 Å². The Kier molecular flexibility index (Phi) is 6.96. The minimum absolute atomic E-state index is 0. The van der Waals surface area contributed by atoms with E-state index in [4.69, 9.17) is 0 Å². The normalized spacial score (nSPS) is 16.6. The van der Waals surface area contributed by atoms with E-state index in [1.807, 2.05) is 42.5 Å². The van der Waals surface area contributed by atoms with Crippen LogP contribution in [0, 0.1) is 0 Å². The molecule has 3 nitrogen and oxygen atoms in total. The molecule has 1 atom stereocenters. The molecule has 0 bridgehead atoms. The third-order valence-electron chi connectivity index (χ3n) is 3.76. The fourth-order valence-electron chi connectivity index (χ4n) is 2.48. The molecule has 1 aliphatic heterocycles. The molecule has 0 radical (unpaired) electrons. The van der Waals surface area contributed by atoms with Crippen molar-refractivity contribution in [3.63, 3.8) is 0 Å². The standard InChI is InChI=1S/C18H20N2OS.ClH/c21-18(20-16-10-11-19-12-16)15-8-6-14(7-9-15)13-22-17-4-2-1-3-5-17;/h1-9,16,19H,10-13H2,(H,20,21);1H. The Hall–Kier alpha value is -1.49. The van der Waals surface area contributed by atoms with Crippen molar-refractivity contribution in [1.82, 2.24) is 10.6 Å². The number of carbonyl (C=O) groups is 1. The van der Waals surface area contributed by atoms with E-state index < -0.39 is 0 Å². The average Bonchev–Trinajstić information content (AvgIpc) is 3.07. The fourth-order valence-corrected chi connectivity index (χ4v) is 3.36. The molecule has 2 N–H and O–H groups in total. The van der Waals surface area contributed by atoms with Crippen molar-refractivity contribution < 1.29 is 4.79 Å². The number of thioether (sulfide) groups is 1. The van der Waals surface area contributed by atoms with Crippen LogP contribution in [0.2, 0.25) is 0 Å². The van der Waals surface area contributed by atoms with Gasteiger partial charge in [0.05, 0.1) is 0 Å². The highest BCUT2D eigenvalue weighted by atomic mass is 35.5. The summed E-state index contributed by atoms with van der Waals surface area (Å²) in [6.07, 6.45) is 1.01. The van der Waals surface area contributed by atoms with Gasteiger partial charge in [0.15, 0.2) is 0 Å². The molecule has 122 valence electrons. The second kappa shape index (κ2) is 8.96. The first-order valence-corrected chi connectivity index (χ1v) is 8.58. The van der Waals surface area contributed by atoms with E-state index in [1.165, 1.54) is 10.5 Å². The number of nitrogens with one attached hydrogen (secondary N) is 2. The van der Waals surface area contributed by atoms with E-state index in [1.54, 1.807) is 11.8 Å². The van der Waals surface area contributed by atoms with Gasteiger partial charge in [-0.1, -0.05) is 30.3 Å². The van der Waals surface area contributed by atoms with Crippen LogP contribution in [0.5, 0.6) is 0 Å². The van der Waals surface area contributed by atoms with Crippen molar-refractivity contribution in [2.45, 2.75) is 23.1 Å². The zero-order valence-corrected chi connectivity index (χ0v) is 14.5. The monoisotopic (exact) mass is 348 g/mol. The van der Waals surface area contributed by atoms with Gasteiger partial charge in [-0.05, 0) is 42.8 Å². The molecule has 1 heterocycles. The van der Waals surface area contributed by atoms with Gasteiger partial charge in [0.1, 0.15) is 0 Å². The lowest BCUT2D eigenvalue weighted by atomic mass is 10.1. The van der Waals surface area contributed by atoms with Crippen molar-refractivity contribution in [2.75, 3.05) is 13.1 Å². The summed E-state index contributed by atoms with van der Waals surface area (Å²) < 4.78 is 0. The summed E-state index contributed by atoms with van der Waals surface area (Å²) in [5, 5.41) is 6.32. The third kappa shape index (κ3) is 5.27. The van der Waals surface area contributed by atoms with Gasteiger partial charge in [-0.3, -0.25) is 4.79 Å². The molecule has 0 aliphatic carbocycles. The third-order valence-corrected chi connectivity index (χ3v) is 4.84. The lowest BCUT2D eigenvalue weighted by Gasteiger charge is -2.11. The maximum absolute atomic E-state index is 12.1. The summed E-state index contributed by atoms with van der Waals surface area (Å²) in [4.78, 5) is 13.4. The molecular weight excluding hydrogens is 328 g/mol. The Labute approximate surface area is 147 Å². The van der Waals surface area contributed by atoms with E-state index in [0.717, 1.165) is 30.8 Å². The molecule has 0 saturated carbocycles. The summed E-state index contributed by atoms with van der Waals surface area (Å²) in [7, 11) is 0. The van der Waals surface area contributed by atoms with Gasteiger partial charge in [0.2, 0.25) is 0 Å². The molecule has 1 saturated heterocycles. The van der Waals surface area contributed by atoms with Crippen molar-refractivity contribution in [3.8, 4) is 0 Å². The first kappa shape index (κ1) is 17.9. The van der Waals surface area contributed by atoms with Crippen LogP contribution in [0.4, 0.5) is 0 Å². The Morgan fingerprint density at radius 1 is 1.13 bits per heavy atom.